The van der Waals surface area contributed by atoms with E-state index < -0.39 is 12.0 Å². The smallest absolute Gasteiger partial charge is 0.321 e. The number of aliphatic carboxylic acids is 1. The lowest BCUT2D eigenvalue weighted by Gasteiger charge is -2.26. The van der Waals surface area contributed by atoms with Gasteiger partial charge in [-0.05, 0) is 12.8 Å². The highest BCUT2D eigenvalue weighted by molar-refractivity contribution is 5.73. The van der Waals surface area contributed by atoms with Gasteiger partial charge >= 0.3 is 5.97 Å². The molecule has 4 nitrogen and oxygen atoms in total. The van der Waals surface area contributed by atoms with Gasteiger partial charge in [0.15, 0.2) is 0 Å². The van der Waals surface area contributed by atoms with E-state index in [1.54, 1.807) is 7.11 Å². The maximum atomic E-state index is 11.3. The molecule has 0 aliphatic heterocycles. The first-order valence-electron chi connectivity index (χ1n) is 6.63. The third kappa shape index (κ3) is 5.04. The molecule has 0 heterocycles. The Hall–Kier alpha value is -0.610. The Kier molecular flexibility index (Phi) is 6.52. The fourth-order valence-corrected chi connectivity index (χ4v) is 2.54. The summed E-state index contributed by atoms with van der Waals surface area (Å²) in [5.74, 6) is -0.764. The van der Waals surface area contributed by atoms with E-state index in [0.717, 1.165) is 12.8 Å². The van der Waals surface area contributed by atoms with Crippen LogP contribution < -0.4 is 5.32 Å². The molecule has 0 aromatic heterocycles. The van der Waals surface area contributed by atoms with Crippen LogP contribution in [0.4, 0.5) is 0 Å². The molecule has 0 bridgehead atoms. The number of hydrogen-bond donors (Lipinski definition) is 2. The molecule has 0 aromatic carbocycles. The Bertz CT molecular complexity index is 225. The number of methoxy groups -OCH3 is 1. The Morgan fingerprint density at radius 2 is 1.94 bits per heavy atom. The number of hydrogen-bond acceptors (Lipinski definition) is 3. The summed E-state index contributed by atoms with van der Waals surface area (Å²) in [6, 6.07) is -0.129. The van der Waals surface area contributed by atoms with Gasteiger partial charge in [-0.2, -0.15) is 0 Å². The summed E-state index contributed by atoms with van der Waals surface area (Å²) < 4.78 is 5.05. The number of nitrogens with one attached hydrogen (secondary N) is 1. The topological polar surface area (TPSA) is 58.6 Å². The molecule has 4 heteroatoms. The number of rotatable bonds is 6. The summed E-state index contributed by atoms with van der Waals surface area (Å²) in [5.41, 5.74) is 0. The van der Waals surface area contributed by atoms with E-state index in [9.17, 15) is 9.90 Å². The van der Waals surface area contributed by atoms with Crippen molar-refractivity contribution in [3.8, 4) is 0 Å². The molecule has 2 N–H and O–H groups in total. The molecule has 2 unspecified atom stereocenters. The molecule has 0 aromatic rings. The van der Waals surface area contributed by atoms with Crippen molar-refractivity contribution in [3.05, 3.63) is 0 Å². The Labute approximate surface area is 104 Å². The Balaban J connectivity index is 2.49. The minimum Gasteiger partial charge on any atom is -0.480 e. The summed E-state index contributed by atoms with van der Waals surface area (Å²) in [6.45, 7) is 2.41. The molecular weight excluding hydrogens is 218 g/mol. The van der Waals surface area contributed by atoms with Crippen LogP contribution in [0.2, 0.25) is 0 Å². The lowest BCUT2D eigenvalue weighted by Crippen LogP contribution is -2.48. The molecule has 1 aliphatic rings. The van der Waals surface area contributed by atoms with Gasteiger partial charge in [0.2, 0.25) is 0 Å². The third-order valence-corrected chi connectivity index (χ3v) is 3.54. The molecule has 0 radical (unpaired) electrons. The zero-order valence-corrected chi connectivity index (χ0v) is 10.9. The molecule has 0 spiro atoms. The minimum absolute atomic E-state index is 0.000697. The van der Waals surface area contributed by atoms with Crippen LogP contribution in [0, 0.1) is 5.92 Å². The normalized spacial score (nSPS) is 21.8. The van der Waals surface area contributed by atoms with Crippen LogP contribution in [0.3, 0.4) is 0 Å². The summed E-state index contributed by atoms with van der Waals surface area (Å²) in [5, 5.41) is 12.6. The second kappa shape index (κ2) is 7.67. The van der Waals surface area contributed by atoms with E-state index in [-0.39, 0.29) is 5.92 Å². The minimum atomic E-state index is -0.765. The molecule has 0 saturated heterocycles. The third-order valence-electron chi connectivity index (χ3n) is 3.54. The fraction of sp³-hybridized carbons (Fsp3) is 0.923. The Morgan fingerprint density at radius 1 is 1.35 bits per heavy atom. The van der Waals surface area contributed by atoms with Crippen molar-refractivity contribution in [2.24, 2.45) is 5.92 Å². The molecule has 2 atom stereocenters. The second-order valence-electron chi connectivity index (χ2n) is 5.10. The van der Waals surface area contributed by atoms with Crippen molar-refractivity contribution < 1.29 is 14.6 Å². The molecule has 100 valence electrons. The zero-order chi connectivity index (χ0) is 12.7. The van der Waals surface area contributed by atoms with E-state index in [4.69, 9.17) is 4.74 Å². The summed E-state index contributed by atoms with van der Waals surface area (Å²) >= 11 is 0. The molecular formula is C13H25NO3. The first-order valence-corrected chi connectivity index (χ1v) is 6.63. The van der Waals surface area contributed by atoms with Gasteiger partial charge < -0.3 is 15.2 Å². The van der Waals surface area contributed by atoms with Gasteiger partial charge in [-0.15, -0.1) is 0 Å². The highest BCUT2D eigenvalue weighted by Crippen LogP contribution is 2.18. The van der Waals surface area contributed by atoms with Gasteiger partial charge in [0.1, 0.15) is 6.04 Å². The van der Waals surface area contributed by atoms with E-state index in [2.05, 4.69) is 5.32 Å². The van der Waals surface area contributed by atoms with E-state index >= 15 is 0 Å². The van der Waals surface area contributed by atoms with Crippen molar-refractivity contribution in [2.75, 3.05) is 13.7 Å². The maximum absolute atomic E-state index is 11.3. The predicted octanol–water partition coefficient (Wildman–Crippen LogP) is 2.03. The van der Waals surface area contributed by atoms with Gasteiger partial charge in [0, 0.05) is 19.1 Å². The van der Waals surface area contributed by atoms with Gasteiger partial charge in [-0.25, -0.2) is 0 Å². The molecule has 1 rings (SSSR count). The average molecular weight is 243 g/mol. The quantitative estimate of drug-likeness (QED) is 0.701. The number of carboxylic acids is 1. The van der Waals surface area contributed by atoms with Crippen LogP contribution in [0.15, 0.2) is 0 Å². The van der Waals surface area contributed by atoms with Gasteiger partial charge in [0.05, 0.1) is 6.61 Å². The lowest BCUT2D eigenvalue weighted by molar-refractivity contribution is -0.141. The van der Waals surface area contributed by atoms with Crippen LogP contribution in [0.25, 0.3) is 0 Å². The number of carbonyl (C=O) groups is 1. The zero-order valence-electron chi connectivity index (χ0n) is 10.9. The largest absolute Gasteiger partial charge is 0.480 e. The van der Waals surface area contributed by atoms with Crippen LogP contribution in [-0.4, -0.2) is 36.9 Å². The Morgan fingerprint density at radius 3 is 2.41 bits per heavy atom. The SMILES string of the molecule is COCC(C)C(NC1CCCCCC1)C(=O)O. The number of carboxylic acid groups (broad SMARTS) is 1. The van der Waals surface area contributed by atoms with E-state index in [1.807, 2.05) is 6.92 Å². The van der Waals surface area contributed by atoms with Crippen LogP contribution in [0.1, 0.15) is 45.4 Å². The standard InChI is InChI=1S/C13H25NO3/c1-10(9-17-2)12(13(15)16)14-11-7-5-3-4-6-8-11/h10-12,14H,3-9H2,1-2H3,(H,15,16). The van der Waals surface area contributed by atoms with Crippen molar-refractivity contribution in [2.45, 2.75) is 57.5 Å². The van der Waals surface area contributed by atoms with E-state index in [1.165, 1.54) is 25.7 Å². The van der Waals surface area contributed by atoms with Gasteiger partial charge in [-0.1, -0.05) is 32.6 Å². The number of ether oxygens (including phenoxy) is 1. The van der Waals surface area contributed by atoms with Crippen molar-refractivity contribution in [1.29, 1.82) is 0 Å². The van der Waals surface area contributed by atoms with E-state index in [0.29, 0.717) is 12.6 Å². The van der Waals surface area contributed by atoms with Crippen LogP contribution in [-0.2, 0) is 9.53 Å². The average Bonchev–Trinajstić information content (AvgIpc) is 2.54. The van der Waals surface area contributed by atoms with Gasteiger partial charge in [-0.3, -0.25) is 4.79 Å². The highest BCUT2D eigenvalue weighted by Gasteiger charge is 2.27. The van der Waals surface area contributed by atoms with Gasteiger partial charge in [0.25, 0.3) is 0 Å². The first-order chi connectivity index (χ1) is 8.15. The summed E-state index contributed by atoms with van der Waals surface area (Å²) in [7, 11) is 1.61. The second-order valence-corrected chi connectivity index (χ2v) is 5.10. The van der Waals surface area contributed by atoms with Crippen LogP contribution >= 0.6 is 0 Å². The molecule has 1 aliphatic carbocycles. The van der Waals surface area contributed by atoms with Crippen molar-refractivity contribution in [3.63, 3.8) is 0 Å². The predicted molar refractivity (Wildman–Crippen MR) is 67.1 cm³/mol. The van der Waals surface area contributed by atoms with Crippen molar-refractivity contribution in [1.82, 2.24) is 5.32 Å². The van der Waals surface area contributed by atoms with Crippen molar-refractivity contribution >= 4 is 5.97 Å². The highest BCUT2D eigenvalue weighted by atomic mass is 16.5. The molecule has 1 fully saturated rings. The maximum Gasteiger partial charge on any atom is 0.321 e. The molecule has 17 heavy (non-hydrogen) atoms. The first kappa shape index (κ1) is 14.5. The fourth-order valence-electron chi connectivity index (χ4n) is 2.54. The van der Waals surface area contributed by atoms with Crippen LogP contribution in [0.5, 0.6) is 0 Å². The molecule has 1 saturated carbocycles. The lowest BCUT2D eigenvalue weighted by atomic mass is 10.00. The monoisotopic (exact) mass is 243 g/mol. The summed E-state index contributed by atoms with van der Waals surface area (Å²) in [6.07, 6.45) is 7.19. The summed E-state index contributed by atoms with van der Waals surface area (Å²) in [4.78, 5) is 11.3. The molecule has 0 amide bonds.